The average Bonchev–Trinajstić information content (AvgIpc) is 2.48. The van der Waals surface area contributed by atoms with Gasteiger partial charge in [0, 0.05) is 0 Å². The molecule has 0 aliphatic heterocycles. The van der Waals surface area contributed by atoms with Gasteiger partial charge < -0.3 is 14.6 Å². The number of aliphatic hydroxyl groups is 1. The van der Waals surface area contributed by atoms with Crippen molar-refractivity contribution in [2.24, 2.45) is 0 Å². The Morgan fingerprint density at radius 3 is 2.38 bits per heavy atom. The van der Waals surface area contributed by atoms with Gasteiger partial charge in [-0.3, -0.25) is 10.1 Å². The predicted molar refractivity (Wildman–Crippen MR) is 76.7 cm³/mol. The smallest absolute Gasteiger partial charge is 0.352 e. The van der Waals surface area contributed by atoms with Crippen molar-refractivity contribution in [2.45, 2.75) is 13.5 Å². The molecule has 0 saturated carbocycles. The first-order chi connectivity index (χ1) is 10.2. The molecule has 0 bridgehead atoms. The van der Waals surface area contributed by atoms with E-state index in [2.05, 4.69) is 0 Å². The van der Waals surface area contributed by atoms with E-state index in [1.54, 1.807) is 37.3 Å². The lowest BCUT2D eigenvalue weighted by atomic mass is 10.2. The number of para-hydroxylation sites is 1. The highest BCUT2D eigenvalue weighted by Gasteiger charge is 2.22. The number of hydrogen-bond acceptors (Lipinski definition) is 5. The molecular formula is C15H15NO5. The Balaban J connectivity index is 2.33. The maximum atomic E-state index is 11.2. The fraction of sp³-hybridized carbons (Fsp3) is 0.200. The number of rotatable bonds is 6. The molecule has 0 radical (unpaired) electrons. The van der Waals surface area contributed by atoms with Crippen LogP contribution in [0.15, 0.2) is 42.5 Å². The molecule has 2 aromatic rings. The molecule has 0 amide bonds. The van der Waals surface area contributed by atoms with Gasteiger partial charge in [0.15, 0.2) is 0 Å². The van der Waals surface area contributed by atoms with Gasteiger partial charge in [-0.25, -0.2) is 0 Å². The Morgan fingerprint density at radius 1 is 1.14 bits per heavy atom. The number of aliphatic hydroxyl groups excluding tert-OH is 1. The van der Waals surface area contributed by atoms with Gasteiger partial charge in [0.2, 0.25) is 11.5 Å². The second-order valence-electron chi connectivity index (χ2n) is 4.20. The lowest BCUT2D eigenvalue weighted by Gasteiger charge is -2.10. The van der Waals surface area contributed by atoms with E-state index in [9.17, 15) is 10.1 Å². The SMILES string of the molecule is CCOc1cccc(Oc2ccc(CO)cc2)c1[N+](=O)[O-]. The van der Waals surface area contributed by atoms with Crippen LogP contribution in [0.3, 0.4) is 0 Å². The van der Waals surface area contributed by atoms with Gasteiger partial charge in [-0.05, 0) is 36.8 Å². The topological polar surface area (TPSA) is 81.8 Å². The zero-order valence-electron chi connectivity index (χ0n) is 11.5. The zero-order valence-corrected chi connectivity index (χ0v) is 11.5. The summed E-state index contributed by atoms with van der Waals surface area (Å²) >= 11 is 0. The van der Waals surface area contributed by atoms with Crippen LogP contribution in [0, 0.1) is 10.1 Å². The number of nitrogens with zero attached hydrogens (tertiary/aromatic N) is 1. The van der Waals surface area contributed by atoms with E-state index < -0.39 is 4.92 Å². The van der Waals surface area contributed by atoms with E-state index in [0.29, 0.717) is 12.4 Å². The number of nitro benzene ring substituents is 1. The average molecular weight is 289 g/mol. The standard InChI is InChI=1S/C15H15NO5/c1-2-20-13-4-3-5-14(15(13)16(18)19)21-12-8-6-11(10-17)7-9-12/h3-9,17H,2,10H2,1H3. The molecule has 0 atom stereocenters. The first-order valence-corrected chi connectivity index (χ1v) is 6.43. The lowest BCUT2D eigenvalue weighted by Crippen LogP contribution is -1.99. The summed E-state index contributed by atoms with van der Waals surface area (Å²) in [6.07, 6.45) is 0. The molecule has 110 valence electrons. The van der Waals surface area contributed by atoms with Crippen molar-refractivity contribution in [3.63, 3.8) is 0 Å². The molecule has 0 fully saturated rings. The fourth-order valence-electron chi connectivity index (χ4n) is 1.83. The summed E-state index contributed by atoms with van der Waals surface area (Å²) in [6, 6.07) is 11.3. The zero-order chi connectivity index (χ0) is 15.2. The van der Waals surface area contributed by atoms with Crippen molar-refractivity contribution < 1.29 is 19.5 Å². The maximum absolute atomic E-state index is 11.2. The van der Waals surface area contributed by atoms with Crippen LogP contribution in [0.5, 0.6) is 17.2 Å². The molecule has 0 saturated heterocycles. The van der Waals surface area contributed by atoms with Crippen molar-refractivity contribution >= 4 is 5.69 Å². The lowest BCUT2D eigenvalue weighted by molar-refractivity contribution is -0.386. The Bertz CT molecular complexity index is 624. The van der Waals surface area contributed by atoms with Crippen LogP contribution in [0.1, 0.15) is 12.5 Å². The molecule has 1 N–H and O–H groups in total. The van der Waals surface area contributed by atoms with Gasteiger partial charge in [0.05, 0.1) is 18.1 Å². The molecule has 0 aliphatic carbocycles. The summed E-state index contributed by atoms with van der Waals surface area (Å²) in [5, 5.41) is 20.2. The Hall–Kier alpha value is -2.60. The molecular weight excluding hydrogens is 274 g/mol. The molecule has 2 aromatic carbocycles. The van der Waals surface area contributed by atoms with E-state index in [-0.39, 0.29) is 23.8 Å². The van der Waals surface area contributed by atoms with Crippen LogP contribution < -0.4 is 9.47 Å². The quantitative estimate of drug-likeness (QED) is 0.652. The molecule has 2 rings (SSSR count). The van der Waals surface area contributed by atoms with Crippen LogP contribution in [0.4, 0.5) is 5.69 Å². The van der Waals surface area contributed by atoms with Gasteiger partial charge in [-0.1, -0.05) is 18.2 Å². The summed E-state index contributed by atoms with van der Waals surface area (Å²) in [4.78, 5) is 10.7. The van der Waals surface area contributed by atoms with E-state index in [1.807, 2.05) is 0 Å². The van der Waals surface area contributed by atoms with Gasteiger partial charge >= 0.3 is 5.69 Å². The summed E-state index contributed by atoms with van der Waals surface area (Å²) in [5.41, 5.74) is 0.533. The molecule has 0 spiro atoms. The predicted octanol–water partition coefficient (Wildman–Crippen LogP) is 3.28. The van der Waals surface area contributed by atoms with Crippen LogP contribution in [0.2, 0.25) is 0 Å². The summed E-state index contributed by atoms with van der Waals surface area (Å²) in [6.45, 7) is 2.01. The van der Waals surface area contributed by atoms with Crippen molar-refractivity contribution in [3.05, 3.63) is 58.1 Å². The highest BCUT2D eigenvalue weighted by molar-refractivity contribution is 5.58. The van der Waals surface area contributed by atoms with E-state index in [4.69, 9.17) is 14.6 Å². The third-order valence-electron chi connectivity index (χ3n) is 2.78. The minimum absolute atomic E-state index is 0.0692. The molecule has 6 nitrogen and oxygen atoms in total. The van der Waals surface area contributed by atoms with Crippen molar-refractivity contribution in [1.29, 1.82) is 0 Å². The molecule has 0 heterocycles. The van der Waals surface area contributed by atoms with E-state index in [0.717, 1.165) is 5.56 Å². The van der Waals surface area contributed by atoms with Crippen molar-refractivity contribution in [1.82, 2.24) is 0 Å². The van der Waals surface area contributed by atoms with Gasteiger partial charge in [-0.15, -0.1) is 0 Å². The second-order valence-corrected chi connectivity index (χ2v) is 4.20. The minimum atomic E-state index is -0.525. The first kappa shape index (κ1) is 14.8. The third kappa shape index (κ3) is 3.49. The number of nitro groups is 1. The van der Waals surface area contributed by atoms with Gasteiger partial charge in [0.1, 0.15) is 5.75 Å². The maximum Gasteiger partial charge on any atom is 0.352 e. The monoisotopic (exact) mass is 289 g/mol. The molecule has 0 aromatic heterocycles. The molecule has 0 aliphatic rings. The Labute approximate surface area is 121 Å². The molecule has 6 heteroatoms. The number of ether oxygens (including phenoxy) is 2. The summed E-state index contributed by atoms with van der Waals surface area (Å²) in [5.74, 6) is 0.735. The largest absolute Gasteiger partial charge is 0.487 e. The second kappa shape index (κ2) is 6.71. The van der Waals surface area contributed by atoms with Crippen molar-refractivity contribution in [2.75, 3.05) is 6.61 Å². The van der Waals surface area contributed by atoms with Gasteiger partial charge in [0.25, 0.3) is 0 Å². The van der Waals surface area contributed by atoms with Crippen LogP contribution >= 0.6 is 0 Å². The van der Waals surface area contributed by atoms with E-state index >= 15 is 0 Å². The normalized spacial score (nSPS) is 10.2. The highest BCUT2D eigenvalue weighted by Crippen LogP contribution is 2.38. The van der Waals surface area contributed by atoms with Crippen LogP contribution in [-0.4, -0.2) is 16.6 Å². The van der Waals surface area contributed by atoms with Gasteiger partial charge in [-0.2, -0.15) is 0 Å². The van der Waals surface area contributed by atoms with Crippen LogP contribution in [-0.2, 0) is 6.61 Å². The van der Waals surface area contributed by atoms with Crippen molar-refractivity contribution in [3.8, 4) is 17.2 Å². The highest BCUT2D eigenvalue weighted by atomic mass is 16.6. The van der Waals surface area contributed by atoms with E-state index in [1.165, 1.54) is 12.1 Å². The number of hydrogen-bond donors (Lipinski definition) is 1. The molecule has 21 heavy (non-hydrogen) atoms. The summed E-state index contributed by atoms with van der Waals surface area (Å²) in [7, 11) is 0. The van der Waals surface area contributed by atoms with Crippen LogP contribution in [0.25, 0.3) is 0 Å². The molecule has 0 unspecified atom stereocenters. The fourth-order valence-corrected chi connectivity index (χ4v) is 1.83. The summed E-state index contributed by atoms with van der Waals surface area (Å²) < 4.78 is 10.8. The Morgan fingerprint density at radius 2 is 1.81 bits per heavy atom. The third-order valence-corrected chi connectivity index (χ3v) is 2.78. The minimum Gasteiger partial charge on any atom is -0.487 e. The first-order valence-electron chi connectivity index (χ1n) is 6.43. The Kier molecular flexibility index (Phi) is 4.73. The number of benzene rings is 2.